The summed E-state index contributed by atoms with van der Waals surface area (Å²) in [6, 6.07) is 64.9. The minimum absolute atomic E-state index is 0.148. The Balaban J connectivity index is 1.12. The van der Waals surface area contributed by atoms with Crippen LogP contribution in [0.4, 0.5) is 17.1 Å². The van der Waals surface area contributed by atoms with Gasteiger partial charge < -0.3 is 9.32 Å². The average Bonchev–Trinajstić information content (AvgIpc) is 4.02. The molecule has 278 valence electrons. The Kier molecular flexibility index (Phi) is 6.85. The normalized spacial score (nSPS) is 13.4. The molecule has 0 saturated heterocycles. The van der Waals surface area contributed by atoms with Crippen molar-refractivity contribution in [2.24, 2.45) is 0 Å². The Labute approximate surface area is 348 Å². The van der Waals surface area contributed by atoms with Gasteiger partial charge in [-0.05, 0) is 75.5 Å². The van der Waals surface area contributed by atoms with Crippen molar-refractivity contribution < 1.29 is 4.42 Å². The summed E-state index contributed by atoms with van der Waals surface area (Å²) < 4.78 is 12.6. The second kappa shape index (κ2) is 12.2. The fourth-order valence-corrected chi connectivity index (χ4v) is 12.5. The summed E-state index contributed by atoms with van der Waals surface area (Å²) in [4.78, 5) is 2.47. The first-order valence-electron chi connectivity index (χ1n) is 20.3. The second-order valence-electron chi connectivity index (χ2n) is 16.4. The highest BCUT2D eigenvalue weighted by molar-refractivity contribution is 7.26. The third kappa shape index (κ3) is 4.61. The van der Waals surface area contributed by atoms with Gasteiger partial charge in [0.25, 0.3) is 0 Å². The van der Waals surface area contributed by atoms with Crippen molar-refractivity contribution >= 4 is 113 Å². The van der Waals surface area contributed by atoms with Crippen molar-refractivity contribution in [1.29, 1.82) is 0 Å². The summed E-state index contributed by atoms with van der Waals surface area (Å²) in [5, 5.41) is 9.76. The highest BCUT2D eigenvalue weighted by atomic mass is 32.1. The van der Waals surface area contributed by atoms with Gasteiger partial charge in [0.2, 0.25) is 0 Å². The third-order valence-electron chi connectivity index (χ3n) is 12.9. The molecule has 0 fully saturated rings. The predicted molar refractivity (Wildman–Crippen MR) is 255 cm³/mol. The molecule has 0 aliphatic heterocycles. The van der Waals surface area contributed by atoms with Crippen LogP contribution in [0.5, 0.6) is 0 Å². The molecular formula is C55H35NOS2. The lowest BCUT2D eigenvalue weighted by atomic mass is 9.82. The molecule has 0 atom stereocenters. The van der Waals surface area contributed by atoms with Crippen LogP contribution in [0.15, 0.2) is 180 Å². The number of rotatable bonds is 4. The van der Waals surface area contributed by atoms with Gasteiger partial charge in [-0.15, -0.1) is 22.7 Å². The molecule has 12 aromatic rings. The van der Waals surface area contributed by atoms with Crippen LogP contribution in [-0.4, -0.2) is 0 Å². The largest absolute Gasteiger partial charge is 0.453 e. The van der Waals surface area contributed by atoms with E-state index in [1.54, 1.807) is 0 Å². The van der Waals surface area contributed by atoms with Gasteiger partial charge in [0, 0.05) is 68.6 Å². The van der Waals surface area contributed by atoms with E-state index in [4.69, 9.17) is 4.42 Å². The molecule has 59 heavy (non-hydrogen) atoms. The van der Waals surface area contributed by atoms with Gasteiger partial charge in [0.05, 0.1) is 16.1 Å². The van der Waals surface area contributed by atoms with Gasteiger partial charge in [0.1, 0.15) is 5.58 Å². The third-order valence-corrected chi connectivity index (χ3v) is 15.3. The molecule has 2 nitrogen and oxygen atoms in total. The molecule has 0 radical (unpaired) electrons. The number of anilines is 3. The average molecular weight is 790 g/mol. The van der Waals surface area contributed by atoms with Crippen LogP contribution >= 0.6 is 22.7 Å². The number of furan rings is 1. The molecule has 13 rings (SSSR count). The topological polar surface area (TPSA) is 16.4 Å². The highest BCUT2D eigenvalue weighted by Crippen LogP contribution is 2.54. The zero-order valence-corrected chi connectivity index (χ0v) is 34.0. The quantitative estimate of drug-likeness (QED) is 0.177. The van der Waals surface area contributed by atoms with Crippen LogP contribution in [0.3, 0.4) is 0 Å². The molecule has 3 aromatic heterocycles. The Morgan fingerprint density at radius 3 is 1.83 bits per heavy atom. The van der Waals surface area contributed by atoms with E-state index in [1.165, 1.54) is 78.9 Å². The molecule has 0 N–H and O–H groups in total. The van der Waals surface area contributed by atoms with Crippen molar-refractivity contribution in [3.8, 4) is 22.3 Å². The minimum atomic E-state index is -0.148. The predicted octanol–water partition coefficient (Wildman–Crippen LogP) is 16.9. The van der Waals surface area contributed by atoms with Crippen LogP contribution in [0.1, 0.15) is 25.0 Å². The summed E-state index contributed by atoms with van der Waals surface area (Å²) in [5.74, 6) is 0. The Bertz CT molecular complexity index is 3730. The van der Waals surface area contributed by atoms with Crippen LogP contribution < -0.4 is 4.90 Å². The zero-order valence-electron chi connectivity index (χ0n) is 32.4. The molecular weight excluding hydrogens is 755 g/mol. The molecule has 3 heterocycles. The van der Waals surface area contributed by atoms with Gasteiger partial charge >= 0.3 is 0 Å². The number of thiophene rings is 2. The minimum Gasteiger partial charge on any atom is -0.453 e. The summed E-state index contributed by atoms with van der Waals surface area (Å²) in [6.07, 6.45) is 0. The fraction of sp³-hybridized carbons (Fsp3) is 0.0545. The van der Waals surface area contributed by atoms with Crippen molar-refractivity contribution in [3.63, 3.8) is 0 Å². The van der Waals surface area contributed by atoms with Crippen LogP contribution in [0.25, 0.3) is 95.3 Å². The smallest absolute Gasteiger partial charge is 0.159 e. The van der Waals surface area contributed by atoms with Gasteiger partial charge in [-0.2, -0.15) is 0 Å². The fourth-order valence-electron chi connectivity index (χ4n) is 10.1. The number of hydrogen-bond donors (Lipinski definition) is 0. The summed E-state index contributed by atoms with van der Waals surface area (Å²) >= 11 is 3.73. The van der Waals surface area contributed by atoms with E-state index < -0.39 is 0 Å². The zero-order chi connectivity index (χ0) is 39.0. The molecule has 4 heteroatoms. The maximum Gasteiger partial charge on any atom is 0.159 e. The lowest BCUT2D eigenvalue weighted by Crippen LogP contribution is -2.16. The first-order valence-corrected chi connectivity index (χ1v) is 21.9. The van der Waals surface area contributed by atoms with Crippen LogP contribution in [0.2, 0.25) is 0 Å². The van der Waals surface area contributed by atoms with Crippen molar-refractivity contribution in [2.75, 3.05) is 4.90 Å². The number of para-hydroxylation sites is 1. The molecule has 1 aliphatic carbocycles. The molecule has 0 saturated carbocycles. The molecule has 0 spiro atoms. The van der Waals surface area contributed by atoms with E-state index in [0.29, 0.717) is 0 Å². The Morgan fingerprint density at radius 1 is 0.424 bits per heavy atom. The molecule has 9 aromatic carbocycles. The van der Waals surface area contributed by atoms with E-state index in [0.717, 1.165) is 44.6 Å². The monoisotopic (exact) mass is 789 g/mol. The Hall–Kier alpha value is -6.72. The maximum atomic E-state index is 7.45. The molecule has 0 bridgehead atoms. The second-order valence-corrected chi connectivity index (χ2v) is 18.5. The van der Waals surface area contributed by atoms with E-state index in [1.807, 2.05) is 22.7 Å². The number of fused-ring (bicyclic) bond motifs is 13. The number of benzene rings is 9. The van der Waals surface area contributed by atoms with Crippen molar-refractivity contribution in [3.05, 3.63) is 187 Å². The number of nitrogens with zero attached hydrogens (tertiary/aromatic N) is 1. The first kappa shape index (κ1) is 33.3. The lowest BCUT2D eigenvalue weighted by Gasteiger charge is -2.28. The highest BCUT2D eigenvalue weighted by Gasteiger charge is 2.36. The first-order chi connectivity index (χ1) is 29.0. The van der Waals surface area contributed by atoms with Crippen LogP contribution in [-0.2, 0) is 5.41 Å². The van der Waals surface area contributed by atoms with Crippen molar-refractivity contribution in [1.82, 2.24) is 0 Å². The summed E-state index contributed by atoms with van der Waals surface area (Å²) in [6.45, 7) is 4.73. The van der Waals surface area contributed by atoms with Crippen LogP contribution in [0, 0.1) is 0 Å². The van der Waals surface area contributed by atoms with E-state index in [9.17, 15) is 0 Å². The van der Waals surface area contributed by atoms with Gasteiger partial charge in [0.15, 0.2) is 5.58 Å². The Morgan fingerprint density at radius 2 is 1.02 bits per heavy atom. The molecule has 0 unspecified atom stereocenters. The summed E-state index contributed by atoms with van der Waals surface area (Å²) in [5.41, 5.74) is 12.6. The van der Waals surface area contributed by atoms with Gasteiger partial charge in [-0.3, -0.25) is 0 Å². The maximum absolute atomic E-state index is 7.45. The standard InChI is InChI=1S/C55H35NOS2/c1-55(2)44-23-8-5-16-35(44)36-29-28-33(31-45(36)55)56(47-25-13-21-41-38-18-7-10-27-49(38)59-54(41)47)46-24-12-19-39-43-30-32-14-3-4-15-34(32)50(52(43)57-51(39)46)42-22-11-20-40-37-17-6-9-26-48(37)58-53(40)42/h3-31H,1-2H3. The van der Waals surface area contributed by atoms with Gasteiger partial charge in [-0.25, -0.2) is 0 Å². The van der Waals surface area contributed by atoms with E-state index >= 15 is 0 Å². The summed E-state index contributed by atoms with van der Waals surface area (Å²) in [7, 11) is 0. The molecule has 1 aliphatic rings. The van der Waals surface area contributed by atoms with E-state index in [-0.39, 0.29) is 5.41 Å². The van der Waals surface area contributed by atoms with E-state index in [2.05, 4.69) is 195 Å². The van der Waals surface area contributed by atoms with Crippen molar-refractivity contribution in [2.45, 2.75) is 19.3 Å². The number of hydrogen-bond acceptors (Lipinski definition) is 4. The SMILES string of the molecule is CC1(C)c2ccccc2-c2ccc(N(c3cccc4c3oc3c(-c5cccc6c5sc5ccccc56)c5ccccc5cc34)c3cccc4c3sc3ccccc34)cc21. The lowest BCUT2D eigenvalue weighted by molar-refractivity contribution is 0.660. The van der Waals surface area contributed by atoms with Gasteiger partial charge in [-0.1, -0.05) is 147 Å². The molecule has 0 amide bonds.